The first-order valence-corrected chi connectivity index (χ1v) is 8.84. The lowest BCUT2D eigenvalue weighted by Gasteiger charge is -2.22. The van der Waals surface area contributed by atoms with Crippen LogP contribution in [0.1, 0.15) is 32.4 Å². The zero-order chi connectivity index (χ0) is 21.2. The van der Waals surface area contributed by atoms with Crippen molar-refractivity contribution in [1.82, 2.24) is 39.7 Å². The Labute approximate surface area is 162 Å². The third-order valence-corrected chi connectivity index (χ3v) is 4.75. The third-order valence-electron chi connectivity index (χ3n) is 4.75. The van der Waals surface area contributed by atoms with Crippen LogP contribution in [0.15, 0.2) is 6.33 Å². The first kappa shape index (κ1) is 19.5. The number of rotatable bonds is 3. The van der Waals surface area contributed by atoms with Crippen LogP contribution in [0.5, 0.6) is 0 Å². The number of imidazole rings is 1. The number of aryl methyl sites for hydroxylation is 1. The lowest BCUT2D eigenvalue weighted by atomic mass is 9.96. The molecule has 0 atom stereocenters. The van der Waals surface area contributed by atoms with Gasteiger partial charge in [0.2, 0.25) is 0 Å². The van der Waals surface area contributed by atoms with Crippen molar-refractivity contribution >= 4 is 17.0 Å². The molecule has 13 heteroatoms. The Morgan fingerprint density at radius 3 is 2.28 bits per heavy atom. The fourth-order valence-corrected chi connectivity index (χ4v) is 3.05. The summed E-state index contributed by atoms with van der Waals surface area (Å²) in [6, 6.07) is 0. The molecular formula is C16H19F4N9. The molecule has 0 aliphatic carbocycles. The molecular weight excluding hydrogens is 394 g/mol. The van der Waals surface area contributed by atoms with Gasteiger partial charge in [0, 0.05) is 12.5 Å². The summed E-state index contributed by atoms with van der Waals surface area (Å²) in [5.41, 5.74) is -0.0436. The lowest BCUT2D eigenvalue weighted by molar-refractivity contribution is -0.172. The number of anilines is 1. The van der Waals surface area contributed by atoms with E-state index >= 15 is 0 Å². The summed E-state index contributed by atoms with van der Waals surface area (Å²) < 4.78 is 58.3. The summed E-state index contributed by atoms with van der Waals surface area (Å²) in [5, 5.41) is 11.2. The summed E-state index contributed by atoms with van der Waals surface area (Å²) in [6.07, 6.45) is 1.44. The molecule has 1 aliphatic heterocycles. The van der Waals surface area contributed by atoms with Crippen LogP contribution >= 0.6 is 0 Å². The standard InChI is InChI=1S/C16H19F4N9/c1-14(2,3)13-22-11-10(21-8-28(11)5-9-24-25-26-27(9)4)12(23-13)29-6-15(17,18)16(19,20)7-29/h8H,5-7H2,1-4H3. The Hall–Kier alpha value is -2.86. The molecule has 0 unspecified atom stereocenters. The third kappa shape index (κ3) is 3.17. The molecule has 0 saturated carbocycles. The Kier molecular flexibility index (Phi) is 4.07. The molecule has 0 radical (unpaired) electrons. The Morgan fingerprint density at radius 2 is 1.72 bits per heavy atom. The number of nitrogens with zero attached hydrogens (tertiary/aromatic N) is 9. The van der Waals surface area contributed by atoms with E-state index in [1.165, 1.54) is 11.0 Å². The van der Waals surface area contributed by atoms with Crippen molar-refractivity contribution < 1.29 is 17.6 Å². The highest BCUT2D eigenvalue weighted by Gasteiger charge is 2.63. The number of aromatic nitrogens is 8. The molecule has 0 aromatic carbocycles. The van der Waals surface area contributed by atoms with Gasteiger partial charge in [-0.15, -0.1) is 5.10 Å². The molecule has 29 heavy (non-hydrogen) atoms. The molecule has 156 valence electrons. The average Bonchev–Trinajstić information content (AvgIpc) is 3.24. The summed E-state index contributed by atoms with van der Waals surface area (Å²) in [7, 11) is 1.67. The topological polar surface area (TPSA) is 90.4 Å². The minimum absolute atomic E-state index is 0.0355. The summed E-state index contributed by atoms with van der Waals surface area (Å²) in [4.78, 5) is 14.0. The van der Waals surface area contributed by atoms with E-state index < -0.39 is 30.3 Å². The van der Waals surface area contributed by atoms with Crippen LogP contribution in [0.4, 0.5) is 23.4 Å². The number of fused-ring (bicyclic) bond motifs is 1. The van der Waals surface area contributed by atoms with E-state index in [2.05, 4.69) is 30.5 Å². The van der Waals surface area contributed by atoms with Crippen molar-refractivity contribution in [3.8, 4) is 0 Å². The van der Waals surface area contributed by atoms with E-state index in [0.717, 1.165) is 4.90 Å². The molecule has 0 bridgehead atoms. The van der Waals surface area contributed by atoms with Crippen LogP contribution in [0.3, 0.4) is 0 Å². The molecule has 0 N–H and O–H groups in total. The predicted molar refractivity (Wildman–Crippen MR) is 94.0 cm³/mol. The van der Waals surface area contributed by atoms with E-state index in [9.17, 15) is 17.6 Å². The number of alkyl halides is 4. The molecule has 1 aliphatic rings. The predicted octanol–water partition coefficient (Wildman–Crippen LogP) is 1.79. The maximum absolute atomic E-state index is 13.8. The quantitative estimate of drug-likeness (QED) is 0.605. The van der Waals surface area contributed by atoms with E-state index in [4.69, 9.17) is 0 Å². The fraction of sp³-hybridized carbons (Fsp3) is 0.625. The second kappa shape index (κ2) is 6.07. The molecule has 4 rings (SSSR count). The number of tetrazole rings is 1. The molecule has 9 nitrogen and oxygen atoms in total. The van der Waals surface area contributed by atoms with Crippen molar-refractivity contribution in [3.63, 3.8) is 0 Å². The van der Waals surface area contributed by atoms with Gasteiger partial charge in [-0.3, -0.25) is 0 Å². The maximum Gasteiger partial charge on any atom is 0.329 e. The van der Waals surface area contributed by atoms with Gasteiger partial charge in [0.1, 0.15) is 5.82 Å². The second-order valence-corrected chi connectivity index (χ2v) is 8.15. The van der Waals surface area contributed by atoms with Crippen LogP contribution in [-0.2, 0) is 19.0 Å². The van der Waals surface area contributed by atoms with Gasteiger partial charge in [-0.25, -0.2) is 19.6 Å². The van der Waals surface area contributed by atoms with Crippen LogP contribution in [0.25, 0.3) is 11.2 Å². The van der Waals surface area contributed by atoms with Gasteiger partial charge < -0.3 is 9.47 Å². The largest absolute Gasteiger partial charge is 0.342 e. The SMILES string of the molecule is Cn1nnnc1Cn1cnc2c(N3CC(F)(F)C(F)(F)C3)nc(C(C)(C)C)nc21. The zero-order valence-corrected chi connectivity index (χ0v) is 16.2. The molecule has 1 fully saturated rings. The molecule has 0 amide bonds. The van der Waals surface area contributed by atoms with Crippen LogP contribution in [0.2, 0.25) is 0 Å². The second-order valence-electron chi connectivity index (χ2n) is 8.15. The number of halogens is 4. The highest BCUT2D eigenvalue weighted by molar-refractivity contribution is 5.84. The van der Waals surface area contributed by atoms with Crippen LogP contribution in [0, 0.1) is 0 Å². The van der Waals surface area contributed by atoms with Gasteiger partial charge in [-0.1, -0.05) is 20.8 Å². The minimum Gasteiger partial charge on any atom is -0.342 e. The van der Waals surface area contributed by atoms with Gasteiger partial charge in [-0.2, -0.15) is 17.6 Å². The van der Waals surface area contributed by atoms with Gasteiger partial charge in [0.25, 0.3) is 0 Å². The smallest absolute Gasteiger partial charge is 0.329 e. The summed E-state index contributed by atoms with van der Waals surface area (Å²) in [5.74, 6) is -7.50. The van der Waals surface area contributed by atoms with Crippen molar-refractivity contribution in [3.05, 3.63) is 18.0 Å². The highest BCUT2D eigenvalue weighted by Crippen LogP contribution is 2.43. The molecule has 0 spiro atoms. The summed E-state index contributed by atoms with van der Waals surface area (Å²) >= 11 is 0. The average molecular weight is 413 g/mol. The fourth-order valence-electron chi connectivity index (χ4n) is 3.05. The van der Waals surface area contributed by atoms with Crippen LogP contribution in [-0.4, -0.2) is 64.7 Å². The van der Waals surface area contributed by atoms with Crippen LogP contribution < -0.4 is 4.90 Å². The van der Waals surface area contributed by atoms with Gasteiger partial charge >= 0.3 is 11.8 Å². The minimum atomic E-state index is -4.15. The maximum atomic E-state index is 13.8. The molecule has 4 heterocycles. The Balaban J connectivity index is 1.85. The molecule has 1 saturated heterocycles. The molecule has 3 aromatic rings. The van der Waals surface area contributed by atoms with Crippen molar-refractivity contribution in [2.24, 2.45) is 7.05 Å². The van der Waals surface area contributed by atoms with Gasteiger partial charge in [-0.05, 0) is 10.4 Å². The van der Waals surface area contributed by atoms with E-state index in [0.29, 0.717) is 17.3 Å². The molecule has 3 aromatic heterocycles. The highest BCUT2D eigenvalue weighted by atomic mass is 19.3. The van der Waals surface area contributed by atoms with E-state index in [1.54, 1.807) is 11.6 Å². The van der Waals surface area contributed by atoms with E-state index in [1.807, 2.05) is 20.8 Å². The number of hydrogen-bond acceptors (Lipinski definition) is 7. The first-order chi connectivity index (χ1) is 13.4. The van der Waals surface area contributed by atoms with Crippen molar-refractivity contribution in [1.29, 1.82) is 0 Å². The first-order valence-electron chi connectivity index (χ1n) is 8.84. The summed E-state index contributed by atoms with van der Waals surface area (Å²) in [6.45, 7) is 3.47. The Bertz CT molecular complexity index is 1050. The number of hydrogen-bond donors (Lipinski definition) is 0. The zero-order valence-electron chi connectivity index (χ0n) is 16.2. The van der Waals surface area contributed by atoms with Crippen molar-refractivity contribution in [2.45, 2.75) is 44.6 Å². The van der Waals surface area contributed by atoms with Crippen molar-refractivity contribution in [2.75, 3.05) is 18.0 Å². The normalized spacial score (nSPS) is 18.7. The van der Waals surface area contributed by atoms with Gasteiger partial charge in [0.15, 0.2) is 22.8 Å². The monoisotopic (exact) mass is 413 g/mol. The lowest BCUT2D eigenvalue weighted by Crippen LogP contribution is -2.38. The van der Waals surface area contributed by atoms with E-state index in [-0.39, 0.29) is 17.9 Å². The van der Waals surface area contributed by atoms with Gasteiger partial charge in [0.05, 0.1) is 26.0 Å². The Morgan fingerprint density at radius 1 is 1.07 bits per heavy atom.